The van der Waals surface area contributed by atoms with E-state index in [1.54, 1.807) is 38.1 Å². The maximum absolute atomic E-state index is 13.2. The number of nitrogens with zero attached hydrogens (tertiary/aromatic N) is 1. The molecule has 1 N–H and O–H groups in total. The SMILES string of the molecule is CC(C)c1cccc(-c2ccc(S(=O)(=O)N3CCSC(C)(C)[C@@H]3C(=O)O)cc2)c1. The fourth-order valence-corrected chi connectivity index (χ4v) is 6.76. The number of hydrogen-bond acceptors (Lipinski definition) is 4. The molecule has 1 atom stereocenters. The van der Waals surface area contributed by atoms with Crippen LogP contribution >= 0.6 is 11.8 Å². The van der Waals surface area contributed by atoms with Crippen LogP contribution in [0, 0.1) is 0 Å². The average molecular weight is 434 g/mol. The number of carboxylic acid groups (broad SMARTS) is 1. The zero-order valence-electron chi connectivity index (χ0n) is 17.1. The Kier molecular flexibility index (Phi) is 6.13. The summed E-state index contributed by atoms with van der Waals surface area (Å²) >= 11 is 1.49. The smallest absolute Gasteiger partial charge is 0.323 e. The van der Waals surface area contributed by atoms with Crippen LogP contribution in [-0.2, 0) is 14.8 Å². The van der Waals surface area contributed by atoms with E-state index >= 15 is 0 Å². The largest absolute Gasteiger partial charge is 0.480 e. The first kappa shape index (κ1) is 21.9. The molecule has 0 amide bonds. The minimum atomic E-state index is -3.91. The van der Waals surface area contributed by atoms with Crippen LogP contribution in [0.15, 0.2) is 53.4 Å². The third-order valence-corrected chi connectivity index (χ3v) is 8.55. The van der Waals surface area contributed by atoms with Crippen molar-refractivity contribution in [2.75, 3.05) is 12.3 Å². The Hall–Kier alpha value is -1.83. The zero-order chi connectivity index (χ0) is 21.4. The van der Waals surface area contributed by atoms with Crippen LogP contribution < -0.4 is 0 Å². The first-order chi connectivity index (χ1) is 13.5. The van der Waals surface area contributed by atoms with Crippen LogP contribution in [-0.4, -0.2) is 46.9 Å². The Morgan fingerprint density at radius 1 is 1.14 bits per heavy atom. The summed E-state index contributed by atoms with van der Waals surface area (Å²) in [5.74, 6) is -0.147. The van der Waals surface area contributed by atoms with Gasteiger partial charge in [0.1, 0.15) is 6.04 Å². The molecule has 29 heavy (non-hydrogen) atoms. The van der Waals surface area contributed by atoms with Crippen molar-refractivity contribution in [3.63, 3.8) is 0 Å². The molecule has 2 aromatic rings. The lowest BCUT2D eigenvalue weighted by Crippen LogP contribution is -2.58. The molecule has 0 spiro atoms. The van der Waals surface area contributed by atoms with E-state index in [4.69, 9.17) is 0 Å². The van der Waals surface area contributed by atoms with Gasteiger partial charge in [0.25, 0.3) is 0 Å². The maximum Gasteiger partial charge on any atom is 0.323 e. The van der Waals surface area contributed by atoms with Crippen molar-refractivity contribution in [3.05, 3.63) is 54.1 Å². The molecule has 0 unspecified atom stereocenters. The molecular weight excluding hydrogens is 406 g/mol. The molecule has 5 nitrogen and oxygen atoms in total. The highest BCUT2D eigenvalue weighted by molar-refractivity contribution is 8.00. The van der Waals surface area contributed by atoms with Gasteiger partial charge in [0.15, 0.2) is 0 Å². The molecule has 1 aliphatic heterocycles. The summed E-state index contributed by atoms with van der Waals surface area (Å²) in [6.07, 6.45) is 0. The molecule has 0 saturated carbocycles. The number of thioether (sulfide) groups is 1. The summed E-state index contributed by atoms with van der Waals surface area (Å²) in [5.41, 5.74) is 3.17. The molecule has 1 fully saturated rings. The molecule has 1 saturated heterocycles. The summed E-state index contributed by atoms with van der Waals surface area (Å²) < 4.78 is 26.9. The fourth-order valence-electron chi connectivity index (χ4n) is 3.67. The second-order valence-electron chi connectivity index (χ2n) is 8.11. The Morgan fingerprint density at radius 3 is 2.38 bits per heavy atom. The molecule has 0 aliphatic carbocycles. The number of hydrogen-bond donors (Lipinski definition) is 1. The van der Waals surface area contributed by atoms with Crippen molar-refractivity contribution in [2.24, 2.45) is 0 Å². The van der Waals surface area contributed by atoms with Crippen molar-refractivity contribution in [1.82, 2.24) is 4.31 Å². The summed E-state index contributed by atoms with van der Waals surface area (Å²) in [6.45, 7) is 8.01. The Balaban J connectivity index is 1.94. The summed E-state index contributed by atoms with van der Waals surface area (Å²) in [4.78, 5) is 12.0. The number of sulfonamides is 1. The minimum absolute atomic E-state index is 0.121. The van der Waals surface area contributed by atoms with Crippen LogP contribution in [0.1, 0.15) is 39.2 Å². The van der Waals surface area contributed by atoms with Gasteiger partial charge in [-0.3, -0.25) is 4.79 Å². The molecule has 0 aromatic heterocycles. The zero-order valence-corrected chi connectivity index (χ0v) is 18.8. The van der Waals surface area contributed by atoms with Gasteiger partial charge >= 0.3 is 5.97 Å². The van der Waals surface area contributed by atoms with Crippen molar-refractivity contribution >= 4 is 27.8 Å². The highest BCUT2D eigenvalue weighted by Crippen LogP contribution is 2.38. The molecule has 1 aliphatic rings. The Bertz CT molecular complexity index is 998. The number of carboxylic acids is 1. The van der Waals surface area contributed by atoms with Gasteiger partial charge in [-0.25, -0.2) is 8.42 Å². The van der Waals surface area contributed by atoms with Crippen molar-refractivity contribution in [3.8, 4) is 11.1 Å². The molecule has 1 heterocycles. The Morgan fingerprint density at radius 2 is 1.79 bits per heavy atom. The number of carbonyl (C=O) groups is 1. The highest BCUT2D eigenvalue weighted by atomic mass is 32.2. The lowest BCUT2D eigenvalue weighted by atomic mass is 9.97. The fraction of sp³-hybridized carbons (Fsp3) is 0.409. The van der Waals surface area contributed by atoms with Gasteiger partial charge in [-0.15, -0.1) is 0 Å². The average Bonchev–Trinajstić information content (AvgIpc) is 2.67. The van der Waals surface area contributed by atoms with E-state index in [1.807, 2.05) is 12.1 Å². The third kappa shape index (κ3) is 4.37. The number of benzene rings is 2. The molecule has 3 rings (SSSR count). The number of rotatable bonds is 5. The third-order valence-electron chi connectivity index (χ3n) is 5.31. The normalized spacial score (nSPS) is 20.0. The van der Waals surface area contributed by atoms with E-state index in [2.05, 4.69) is 26.0 Å². The van der Waals surface area contributed by atoms with E-state index in [0.717, 1.165) is 15.4 Å². The van der Waals surface area contributed by atoms with Gasteiger partial charge in [-0.2, -0.15) is 16.1 Å². The van der Waals surface area contributed by atoms with Crippen molar-refractivity contribution in [1.29, 1.82) is 0 Å². The van der Waals surface area contributed by atoms with Crippen LogP contribution in [0.4, 0.5) is 0 Å². The molecule has 7 heteroatoms. The molecule has 0 radical (unpaired) electrons. The van der Waals surface area contributed by atoms with Gasteiger partial charge < -0.3 is 5.11 Å². The topological polar surface area (TPSA) is 74.7 Å². The van der Waals surface area contributed by atoms with Crippen molar-refractivity contribution < 1.29 is 18.3 Å². The van der Waals surface area contributed by atoms with E-state index in [-0.39, 0.29) is 11.4 Å². The second-order valence-corrected chi connectivity index (χ2v) is 11.8. The van der Waals surface area contributed by atoms with Crippen LogP contribution in [0.25, 0.3) is 11.1 Å². The summed E-state index contributed by atoms with van der Waals surface area (Å²) in [5, 5.41) is 9.70. The Labute approximate surface area is 177 Å². The molecule has 2 aromatic carbocycles. The van der Waals surface area contributed by atoms with Crippen LogP contribution in [0.2, 0.25) is 0 Å². The molecule has 156 valence electrons. The van der Waals surface area contributed by atoms with Gasteiger partial charge in [-0.05, 0) is 48.6 Å². The minimum Gasteiger partial charge on any atom is -0.480 e. The van der Waals surface area contributed by atoms with Gasteiger partial charge in [0, 0.05) is 17.0 Å². The van der Waals surface area contributed by atoms with Crippen molar-refractivity contribution in [2.45, 2.75) is 49.3 Å². The second kappa shape index (κ2) is 8.13. The molecular formula is C22H27NO4S2. The standard InChI is InChI=1S/C22H27NO4S2/c1-15(2)17-6-5-7-18(14-17)16-8-10-19(11-9-16)29(26,27)23-12-13-28-22(3,4)20(23)21(24)25/h5-11,14-15,20H,12-13H2,1-4H3,(H,24,25)/t20-/m0/s1. The predicted octanol–water partition coefficient (Wildman–Crippen LogP) is 4.45. The summed E-state index contributed by atoms with van der Waals surface area (Å²) in [7, 11) is -3.91. The molecule has 0 bridgehead atoms. The van der Waals surface area contributed by atoms with E-state index < -0.39 is 26.8 Å². The highest BCUT2D eigenvalue weighted by Gasteiger charge is 2.48. The van der Waals surface area contributed by atoms with Gasteiger partial charge in [0.05, 0.1) is 4.90 Å². The summed E-state index contributed by atoms with van der Waals surface area (Å²) in [6, 6.07) is 13.8. The van der Waals surface area contributed by atoms with E-state index in [0.29, 0.717) is 11.7 Å². The van der Waals surface area contributed by atoms with Crippen LogP contribution in [0.5, 0.6) is 0 Å². The lowest BCUT2D eigenvalue weighted by Gasteiger charge is -2.42. The maximum atomic E-state index is 13.2. The first-order valence-corrected chi connectivity index (χ1v) is 12.1. The number of aliphatic carboxylic acids is 1. The van der Waals surface area contributed by atoms with Crippen LogP contribution in [0.3, 0.4) is 0 Å². The van der Waals surface area contributed by atoms with Gasteiger partial charge in [0.2, 0.25) is 10.0 Å². The van der Waals surface area contributed by atoms with Gasteiger partial charge in [-0.1, -0.05) is 50.2 Å². The van der Waals surface area contributed by atoms with E-state index in [9.17, 15) is 18.3 Å². The van der Waals surface area contributed by atoms with E-state index in [1.165, 1.54) is 17.3 Å². The quantitative estimate of drug-likeness (QED) is 0.754. The lowest BCUT2D eigenvalue weighted by molar-refractivity contribution is -0.142. The first-order valence-electron chi connectivity index (χ1n) is 9.63. The monoisotopic (exact) mass is 433 g/mol. The predicted molar refractivity (Wildman–Crippen MR) is 118 cm³/mol.